The predicted molar refractivity (Wildman–Crippen MR) is 155 cm³/mol. The molecule has 0 atom stereocenters. The molecule has 7 rings (SSSR count). The van der Waals surface area contributed by atoms with Gasteiger partial charge < -0.3 is 18.6 Å². The zero-order valence-corrected chi connectivity index (χ0v) is 21.5. The topological polar surface area (TPSA) is 51.5 Å². The van der Waals surface area contributed by atoms with Gasteiger partial charge in [0.2, 0.25) is 0 Å². The van der Waals surface area contributed by atoms with Crippen molar-refractivity contribution in [2.45, 2.75) is 26.2 Å². The van der Waals surface area contributed by atoms with Crippen molar-refractivity contribution in [2.75, 3.05) is 5.32 Å². The maximum Gasteiger partial charge on any atom is 0.136 e. The zero-order chi connectivity index (χ0) is 25.9. The van der Waals surface area contributed by atoms with Crippen molar-refractivity contribution >= 4 is 44.3 Å². The summed E-state index contributed by atoms with van der Waals surface area (Å²) in [4.78, 5) is 0. The van der Waals surface area contributed by atoms with Crippen LogP contribution in [-0.2, 0) is 5.41 Å². The van der Waals surface area contributed by atoms with Crippen LogP contribution < -0.4 is 5.32 Å². The lowest BCUT2D eigenvalue weighted by Gasteiger charge is -2.19. The Balaban J connectivity index is 1.37. The van der Waals surface area contributed by atoms with Gasteiger partial charge in [0.05, 0.1) is 5.69 Å². The molecule has 0 aliphatic carbocycles. The largest absolute Gasteiger partial charge is 0.462 e. The van der Waals surface area contributed by atoms with Crippen LogP contribution in [0.25, 0.3) is 55.6 Å². The van der Waals surface area contributed by atoms with E-state index in [0.717, 1.165) is 66.9 Å². The van der Waals surface area contributed by atoms with Crippen LogP contribution in [0.4, 0.5) is 11.4 Å². The Labute approximate surface area is 220 Å². The highest BCUT2D eigenvalue weighted by molar-refractivity contribution is 5.94. The van der Waals surface area contributed by atoms with Crippen LogP contribution in [0, 0.1) is 0 Å². The predicted octanol–water partition coefficient (Wildman–Crippen LogP) is 10.3. The maximum atomic E-state index is 6.24. The Morgan fingerprint density at radius 1 is 0.605 bits per heavy atom. The van der Waals surface area contributed by atoms with E-state index in [2.05, 4.69) is 80.7 Å². The van der Waals surface area contributed by atoms with Crippen molar-refractivity contribution in [3.8, 4) is 22.6 Å². The molecule has 3 heterocycles. The number of benzene rings is 4. The van der Waals surface area contributed by atoms with Crippen LogP contribution in [0.15, 0.2) is 117 Å². The molecule has 0 saturated carbocycles. The Bertz CT molecular complexity index is 1790. The van der Waals surface area contributed by atoms with Crippen molar-refractivity contribution in [2.24, 2.45) is 0 Å². The SMILES string of the molecule is CC(C)(C)c1ccc2occ(Nc3cc(-c4cc5ccccc5o4)cc(-c4cc5ccccc5o4)c3)c2c1. The van der Waals surface area contributed by atoms with Gasteiger partial charge >= 0.3 is 0 Å². The lowest BCUT2D eigenvalue weighted by atomic mass is 9.86. The molecular formula is C34H27NO3. The fraction of sp³-hybridized carbons (Fsp3) is 0.118. The van der Waals surface area contributed by atoms with E-state index in [0.29, 0.717) is 0 Å². The van der Waals surface area contributed by atoms with Crippen LogP contribution >= 0.6 is 0 Å². The van der Waals surface area contributed by atoms with Gasteiger partial charge in [-0.25, -0.2) is 0 Å². The second-order valence-corrected chi connectivity index (χ2v) is 10.8. The summed E-state index contributed by atoms with van der Waals surface area (Å²) < 4.78 is 18.4. The standard InChI is InChI=1S/C34H27NO3/c1-34(2,3)25-12-13-31-27(19-25)28(20-36-31)35-26-15-23(32-17-21-8-4-6-10-29(21)37-32)14-24(16-26)33-18-22-9-5-7-11-30(22)38-33/h4-20,35H,1-3H3. The number of anilines is 2. The molecule has 7 aromatic rings. The van der Waals surface area contributed by atoms with Gasteiger partial charge in [-0.3, -0.25) is 0 Å². The molecule has 0 unspecified atom stereocenters. The number of hydrogen-bond donors (Lipinski definition) is 1. The second kappa shape index (κ2) is 8.42. The Hall–Kier alpha value is -4.70. The van der Waals surface area contributed by atoms with E-state index in [-0.39, 0.29) is 5.41 Å². The summed E-state index contributed by atoms with van der Waals surface area (Å²) in [5.74, 6) is 1.61. The monoisotopic (exact) mass is 497 g/mol. The van der Waals surface area contributed by atoms with Gasteiger partial charge in [-0.1, -0.05) is 63.2 Å². The van der Waals surface area contributed by atoms with Crippen molar-refractivity contribution < 1.29 is 13.3 Å². The van der Waals surface area contributed by atoms with Crippen LogP contribution in [0.3, 0.4) is 0 Å². The summed E-state index contributed by atoms with van der Waals surface area (Å²) in [5.41, 5.74) is 7.64. The Morgan fingerprint density at radius 3 is 1.79 bits per heavy atom. The third kappa shape index (κ3) is 3.95. The first kappa shape index (κ1) is 22.5. The quantitative estimate of drug-likeness (QED) is 0.263. The van der Waals surface area contributed by atoms with E-state index in [1.54, 1.807) is 6.26 Å². The third-order valence-electron chi connectivity index (χ3n) is 7.07. The molecule has 4 aromatic carbocycles. The van der Waals surface area contributed by atoms with Gasteiger partial charge in [0.15, 0.2) is 0 Å². The number of furan rings is 3. The molecule has 0 aliphatic rings. The summed E-state index contributed by atoms with van der Waals surface area (Å²) >= 11 is 0. The fourth-order valence-electron chi connectivity index (χ4n) is 4.98. The van der Waals surface area contributed by atoms with E-state index >= 15 is 0 Å². The summed E-state index contributed by atoms with van der Waals surface area (Å²) in [5, 5.41) is 6.81. The van der Waals surface area contributed by atoms with Crippen molar-refractivity contribution in [1.29, 1.82) is 0 Å². The molecule has 0 fully saturated rings. The second-order valence-electron chi connectivity index (χ2n) is 10.8. The molecule has 0 bridgehead atoms. The summed E-state index contributed by atoms with van der Waals surface area (Å²) in [6.45, 7) is 6.66. The van der Waals surface area contributed by atoms with E-state index in [4.69, 9.17) is 13.3 Å². The molecular weight excluding hydrogens is 470 g/mol. The smallest absolute Gasteiger partial charge is 0.136 e. The molecule has 1 N–H and O–H groups in total. The van der Waals surface area contributed by atoms with Crippen LogP contribution in [0.2, 0.25) is 0 Å². The number of fused-ring (bicyclic) bond motifs is 3. The highest BCUT2D eigenvalue weighted by Gasteiger charge is 2.17. The molecule has 4 heteroatoms. The molecule has 186 valence electrons. The van der Waals surface area contributed by atoms with Gasteiger partial charge in [-0.05, 0) is 65.6 Å². The van der Waals surface area contributed by atoms with Crippen LogP contribution in [0.1, 0.15) is 26.3 Å². The molecule has 0 radical (unpaired) electrons. The average molecular weight is 498 g/mol. The first-order valence-corrected chi connectivity index (χ1v) is 12.8. The molecule has 3 aromatic heterocycles. The van der Waals surface area contributed by atoms with Crippen LogP contribution in [0.5, 0.6) is 0 Å². The fourth-order valence-corrected chi connectivity index (χ4v) is 4.98. The highest BCUT2D eigenvalue weighted by atomic mass is 16.3. The van der Waals surface area contributed by atoms with Gasteiger partial charge in [-0.15, -0.1) is 0 Å². The molecule has 38 heavy (non-hydrogen) atoms. The third-order valence-corrected chi connectivity index (χ3v) is 7.07. The zero-order valence-electron chi connectivity index (χ0n) is 21.5. The Morgan fingerprint density at radius 2 is 1.21 bits per heavy atom. The minimum atomic E-state index is 0.0401. The lowest BCUT2D eigenvalue weighted by molar-refractivity contribution is 0.589. The molecule has 0 aliphatic heterocycles. The molecule has 0 spiro atoms. The van der Waals surface area contributed by atoms with E-state index in [1.807, 2.05) is 42.5 Å². The average Bonchev–Trinajstić information content (AvgIpc) is 3.64. The normalized spacial score (nSPS) is 12.1. The van der Waals surface area contributed by atoms with Crippen molar-refractivity contribution in [1.82, 2.24) is 0 Å². The minimum absolute atomic E-state index is 0.0401. The molecule has 0 saturated heterocycles. The first-order valence-electron chi connectivity index (χ1n) is 12.8. The minimum Gasteiger partial charge on any atom is -0.462 e. The molecule has 4 nitrogen and oxygen atoms in total. The van der Waals surface area contributed by atoms with Gasteiger partial charge in [0.25, 0.3) is 0 Å². The van der Waals surface area contributed by atoms with Crippen molar-refractivity contribution in [3.05, 3.63) is 109 Å². The van der Waals surface area contributed by atoms with Gasteiger partial charge in [-0.2, -0.15) is 0 Å². The number of rotatable bonds is 4. The molecule has 0 amide bonds. The van der Waals surface area contributed by atoms with E-state index < -0.39 is 0 Å². The summed E-state index contributed by atoms with van der Waals surface area (Å²) in [7, 11) is 0. The van der Waals surface area contributed by atoms with Gasteiger partial charge in [0, 0.05) is 33.0 Å². The number of hydrogen-bond acceptors (Lipinski definition) is 4. The van der Waals surface area contributed by atoms with Gasteiger partial charge in [0.1, 0.15) is 34.5 Å². The summed E-state index contributed by atoms with van der Waals surface area (Å²) in [6.07, 6.45) is 1.78. The number of nitrogens with one attached hydrogen (secondary N) is 1. The summed E-state index contributed by atoms with van der Waals surface area (Å²) in [6, 6.07) is 33.0. The first-order chi connectivity index (χ1) is 18.4. The lowest BCUT2D eigenvalue weighted by Crippen LogP contribution is -2.10. The van der Waals surface area contributed by atoms with Crippen LogP contribution in [-0.4, -0.2) is 0 Å². The van der Waals surface area contributed by atoms with Crippen molar-refractivity contribution in [3.63, 3.8) is 0 Å². The number of para-hydroxylation sites is 2. The Kier molecular flexibility index (Phi) is 4.98. The van der Waals surface area contributed by atoms with E-state index in [9.17, 15) is 0 Å². The highest BCUT2D eigenvalue weighted by Crippen LogP contribution is 2.38. The van der Waals surface area contributed by atoms with E-state index in [1.165, 1.54) is 5.56 Å². The maximum absolute atomic E-state index is 6.24.